The van der Waals surface area contributed by atoms with E-state index in [9.17, 15) is 9.90 Å². The Hall–Kier alpha value is -2.05. The molecule has 1 fully saturated rings. The van der Waals surface area contributed by atoms with Gasteiger partial charge in [-0.2, -0.15) is 0 Å². The molecule has 0 saturated carbocycles. The van der Waals surface area contributed by atoms with Gasteiger partial charge in [-0.05, 0) is 55.7 Å². The summed E-state index contributed by atoms with van der Waals surface area (Å²) >= 11 is 3.55. The second-order valence-corrected chi connectivity index (χ2v) is 7.44. The smallest absolute Gasteiger partial charge is 0.320 e. The number of aliphatic carboxylic acids is 1. The van der Waals surface area contributed by atoms with E-state index >= 15 is 0 Å². The second kappa shape index (κ2) is 8.76. The Balaban J connectivity index is 2.12. The van der Waals surface area contributed by atoms with Crippen LogP contribution in [0.4, 0.5) is 0 Å². The van der Waals surface area contributed by atoms with Gasteiger partial charge in [0.1, 0.15) is 17.5 Å². The van der Waals surface area contributed by atoms with Gasteiger partial charge in [-0.25, -0.2) is 0 Å². The number of carbonyl (C=O) groups is 1. The second-order valence-electron chi connectivity index (χ2n) is 6.52. The summed E-state index contributed by atoms with van der Waals surface area (Å²) in [6.45, 7) is 3.22. The van der Waals surface area contributed by atoms with Crippen molar-refractivity contribution in [1.29, 1.82) is 0 Å². The van der Waals surface area contributed by atoms with Gasteiger partial charge in [0.15, 0.2) is 0 Å². The van der Waals surface area contributed by atoms with Crippen LogP contribution in [0.2, 0.25) is 0 Å². The van der Waals surface area contributed by atoms with E-state index in [-0.39, 0.29) is 6.04 Å². The zero-order chi connectivity index (χ0) is 19.4. The summed E-state index contributed by atoms with van der Waals surface area (Å²) in [6.07, 6.45) is 1.52. The molecule has 0 radical (unpaired) electrons. The van der Waals surface area contributed by atoms with Crippen LogP contribution in [-0.2, 0) is 4.79 Å². The highest BCUT2D eigenvalue weighted by Gasteiger charge is 2.38. The van der Waals surface area contributed by atoms with Crippen LogP contribution < -0.4 is 9.47 Å². The Bertz CT molecular complexity index is 793. The van der Waals surface area contributed by atoms with Crippen molar-refractivity contribution in [3.05, 3.63) is 58.1 Å². The molecule has 2 aromatic rings. The Kier molecular flexibility index (Phi) is 6.39. The number of methoxy groups -OCH3 is 1. The highest BCUT2D eigenvalue weighted by Crippen LogP contribution is 2.40. The number of carboxylic acids is 1. The highest BCUT2D eigenvalue weighted by atomic mass is 79.9. The van der Waals surface area contributed by atoms with Crippen LogP contribution in [-0.4, -0.2) is 42.3 Å². The van der Waals surface area contributed by atoms with E-state index in [1.54, 1.807) is 7.11 Å². The lowest BCUT2D eigenvalue weighted by Crippen LogP contribution is -2.39. The van der Waals surface area contributed by atoms with E-state index < -0.39 is 12.0 Å². The minimum absolute atomic E-state index is 0.210. The van der Waals surface area contributed by atoms with Crippen molar-refractivity contribution in [2.45, 2.75) is 31.8 Å². The van der Waals surface area contributed by atoms with Gasteiger partial charge in [0.2, 0.25) is 0 Å². The normalized spacial score (nSPS) is 18.3. The van der Waals surface area contributed by atoms with Gasteiger partial charge in [-0.15, -0.1) is 0 Å². The number of ether oxygens (including phenoxy) is 2. The van der Waals surface area contributed by atoms with Crippen molar-refractivity contribution in [2.24, 2.45) is 0 Å². The Morgan fingerprint density at radius 1 is 1.30 bits per heavy atom. The fourth-order valence-corrected chi connectivity index (χ4v) is 4.10. The molecule has 0 spiro atoms. The van der Waals surface area contributed by atoms with Gasteiger partial charge in [0.05, 0.1) is 19.8 Å². The topological polar surface area (TPSA) is 59.0 Å². The number of carboxylic acid groups (broad SMARTS) is 1. The quantitative estimate of drug-likeness (QED) is 0.696. The van der Waals surface area contributed by atoms with Gasteiger partial charge in [0, 0.05) is 16.6 Å². The number of hydrogen-bond donors (Lipinski definition) is 1. The molecule has 27 heavy (non-hydrogen) atoms. The van der Waals surface area contributed by atoms with E-state index in [0.717, 1.165) is 40.1 Å². The molecule has 6 heteroatoms. The Morgan fingerprint density at radius 2 is 2.04 bits per heavy atom. The van der Waals surface area contributed by atoms with Crippen LogP contribution >= 0.6 is 15.9 Å². The first kappa shape index (κ1) is 19.7. The average Bonchev–Trinajstić information content (AvgIpc) is 3.14. The Labute approximate surface area is 168 Å². The molecule has 2 atom stereocenters. The van der Waals surface area contributed by atoms with Gasteiger partial charge in [-0.1, -0.05) is 28.1 Å². The summed E-state index contributed by atoms with van der Waals surface area (Å²) in [5.41, 5.74) is 1.98. The summed E-state index contributed by atoms with van der Waals surface area (Å²) in [5, 5.41) is 9.73. The van der Waals surface area contributed by atoms with Crippen molar-refractivity contribution in [2.75, 3.05) is 20.3 Å². The monoisotopic (exact) mass is 433 g/mol. The predicted molar refractivity (Wildman–Crippen MR) is 108 cm³/mol. The van der Waals surface area contributed by atoms with Crippen molar-refractivity contribution in [3.63, 3.8) is 0 Å². The molecule has 2 aromatic carbocycles. The highest BCUT2D eigenvalue weighted by molar-refractivity contribution is 9.10. The number of likely N-dealkylation sites (tertiary alicyclic amines) is 1. The van der Waals surface area contributed by atoms with Crippen LogP contribution in [0.25, 0.3) is 0 Å². The maximum Gasteiger partial charge on any atom is 0.320 e. The van der Waals surface area contributed by atoms with Crippen LogP contribution in [0.5, 0.6) is 11.5 Å². The zero-order valence-electron chi connectivity index (χ0n) is 15.5. The number of benzene rings is 2. The van der Waals surface area contributed by atoms with Crippen LogP contribution in [0.3, 0.4) is 0 Å². The SMILES string of the molecule is CCOc1ccc(Br)cc1C(c1ccc(OC)cc1)N1CCCC1C(=O)O. The molecule has 1 aliphatic heterocycles. The first-order chi connectivity index (χ1) is 13.0. The summed E-state index contributed by atoms with van der Waals surface area (Å²) < 4.78 is 12.1. The number of hydrogen-bond acceptors (Lipinski definition) is 4. The van der Waals surface area contributed by atoms with E-state index in [1.807, 2.05) is 49.4 Å². The third kappa shape index (κ3) is 4.28. The standard InChI is InChI=1S/C21H24BrNO4/c1-3-27-19-11-8-15(22)13-17(19)20(14-6-9-16(26-2)10-7-14)23-12-4-5-18(23)21(24)25/h6-11,13,18,20H,3-5,12H2,1-2H3,(H,24,25). The van der Waals surface area contributed by atoms with Gasteiger partial charge in [-0.3, -0.25) is 9.69 Å². The summed E-state index contributed by atoms with van der Waals surface area (Å²) in [4.78, 5) is 13.9. The molecule has 1 aliphatic rings. The lowest BCUT2D eigenvalue weighted by Gasteiger charge is -2.33. The molecule has 1 saturated heterocycles. The van der Waals surface area contributed by atoms with E-state index in [2.05, 4.69) is 20.8 Å². The number of halogens is 1. The minimum Gasteiger partial charge on any atom is -0.497 e. The first-order valence-electron chi connectivity index (χ1n) is 9.10. The van der Waals surface area contributed by atoms with Crippen LogP contribution in [0.15, 0.2) is 46.9 Å². The largest absolute Gasteiger partial charge is 0.497 e. The van der Waals surface area contributed by atoms with E-state index in [0.29, 0.717) is 13.0 Å². The molecular weight excluding hydrogens is 410 g/mol. The minimum atomic E-state index is -0.779. The molecule has 0 amide bonds. The molecule has 5 nitrogen and oxygen atoms in total. The maximum atomic E-state index is 11.9. The molecule has 0 aliphatic carbocycles. The third-order valence-corrected chi connectivity index (χ3v) is 5.40. The van der Waals surface area contributed by atoms with Gasteiger partial charge >= 0.3 is 5.97 Å². The van der Waals surface area contributed by atoms with E-state index in [1.165, 1.54) is 0 Å². The van der Waals surface area contributed by atoms with Crippen LogP contribution in [0, 0.1) is 0 Å². The molecule has 144 valence electrons. The first-order valence-corrected chi connectivity index (χ1v) is 9.89. The molecule has 1 N–H and O–H groups in total. The number of nitrogens with zero attached hydrogens (tertiary/aromatic N) is 1. The number of rotatable bonds is 7. The van der Waals surface area contributed by atoms with Gasteiger partial charge < -0.3 is 14.6 Å². The summed E-state index contributed by atoms with van der Waals surface area (Å²) in [5.74, 6) is 0.768. The molecule has 0 bridgehead atoms. The van der Waals surface area contributed by atoms with Gasteiger partial charge in [0.25, 0.3) is 0 Å². The molecule has 1 heterocycles. The fraction of sp³-hybridized carbons (Fsp3) is 0.381. The summed E-state index contributed by atoms with van der Waals surface area (Å²) in [7, 11) is 1.63. The lowest BCUT2D eigenvalue weighted by atomic mass is 9.95. The molecule has 0 aromatic heterocycles. The molecule has 2 unspecified atom stereocenters. The average molecular weight is 434 g/mol. The van der Waals surface area contributed by atoms with Crippen LogP contribution in [0.1, 0.15) is 36.9 Å². The van der Waals surface area contributed by atoms with Crippen molar-refractivity contribution >= 4 is 21.9 Å². The molecular formula is C21H24BrNO4. The zero-order valence-corrected chi connectivity index (χ0v) is 17.1. The van der Waals surface area contributed by atoms with E-state index in [4.69, 9.17) is 9.47 Å². The lowest BCUT2D eigenvalue weighted by molar-refractivity contribution is -0.142. The van der Waals surface area contributed by atoms with Crippen molar-refractivity contribution in [1.82, 2.24) is 4.90 Å². The molecule has 3 rings (SSSR count). The maximum absolute atomic E-state index is 11.9. The fourth-order valence-electron chi connectivity index (χ4n) is 3.72. The summed E-state index contributed by atoms with van der Waals surface area (Å²) in [6, 6.07) is 13.0. The van der Waals surface area contributed by atoms with Crippen molar-refractivity contribution < 1.29 is 19.4 Å². The predicted octanol–water partition coefficient (Wildman–Crippen LogP) is 4.49. The van der Waals surface area contributed by atoms with Crippen molar-refractivity contribution in [3.8, 4) is 11.5 Å². The Morgan fingerprint density at radius 3 is 2.67 bits per heavy atom. The third-order valence-electron chi connectivity index (χ3n) is 4.91.